The van der Waals surface area contributed by atoms with Crippen LogP contribution in [0.15, 0.2) is 30.5 Å². The largest absolute Gasteiger partial charge is 0.465 e. The van der Waals surface area contributed by atoms with E-state index in [0.29, 0.717) is 22.7 Å². The highest BCUT2D eigenvalue weighted by Gasteiger charge is 2.33. The Bertz CT molecular complexity index is 758. The summed E-state index contributed by atoms with van der Waals surface area (Å²) in [6, 6.07) is 6.85. The summed E-state index contributed by atoms with van der Waals surface area (Å²) >= 11 is 0. The number of hydrogen-bond acceptors (Lipinski definition) is 4. The second-order valence-electron chi connectivity index (χ2n) is 6.28. The minimum Gasteiger partial charge on any atom is -0.465 e. The number of nitrogens with one attached hydrogen (secondary N) is 1. The van der Waals surface area contributed by atoms with Crippen LogP contribution in [-0.4, -0.2) is 28.8 Å². The van der Waals surface area contributed by atoms with Crippen LogP contribution in [0, 0.1) is 0 Å². The Balaban J connectivity index is 1.79. The topological polar surface area (TPSA) is 73.2 Å². The van der Waals surface area contributed by atoms with Gasteiger partial charge in [0.05, 0.1) is 30.1 Å². The van der Waals surface area contributed by atoms with Crippen molar-refractivity contribution in [3.63, 3.8) is 0 Å². The Morgan fingerprint density at radius 3 is 2.46 bits per heavy atom. The maximum Gasteiger partial charge on any atom is 0.337 e. The van der Waals surface area contributed by atoms with Crippen LogP contribution >= 0.6 is 0 Å². The molecule has 0 saturated heterocycles. The number of ether oxygens (including phenoxy) is 1. The van der Waals surface area contributed by atoms with E-state index in [9.17, 15) is 9.59 Å². The third-order valence-electron chi connectivity index (χ3n) is 4.10. The summed E-state index contributed by atoms with van der Waals surface area (Å²) in [5.74, 6) is -0.144. The Hall–Kier alpha value is -2.63. The molecule has 1 aromatic carbocycles. The summed E-state index contributed by atoms with van der Waals surface area (Å²) in [4.78, 5) is 24.1. The third kappa shape index (κ3) is 3.18. The average molecular weight is 327 g/mol. The lowest BCUT2D eigenvalue weighted by Crippen LogP contribution is -2.15. The number of rotatable bonds is 5. The smallest absolute Gasteiger partial charge is 0.337 e. The van der Waals surface area contributed by atoms with Gasteiger partial charge in [-0.15, -0.1) is 0 Å². The van der Waals surface area contributed by atoms with Crippen LogP contribution in [0.25, 0.3) is 0 Å². The van der Waals surface area contributed by atoms with E-state index in [-0.39, 0.29) is 11.9 Å². The minimum absolute atomic E-state index is 0.172. The van der Waals surface area contributed by atoms with Gasteiger partial charge in [0.25, 0.3) is 5.91 Å². The zero-order chi connectivity index (χ0) is 17.3. The Morgan fingerprint density at radius 1 is 1.25 bits per heavy atom. The van der Waals surface area contributed by atoms with Gasteiger partial charge in [0.2, 0.25) is 0 Å². The fourth-order valence-corrected chi connectivity index (χ4v) is 2.73. The molecule has 1 aromatic heterocycles. The van der Waals surface area contributed by atoms with E-state index in [1.165, 1.54) is 7.11 Å². The zero-order valence-corrected chi connectivity index (χ0v) is 14.1. The standard InChI is InChI=1S/C18H21N3O3/c1-11(2)21-16(12-4-5-12)15(10-19-21)17(22)20-14-8-6-13(7-9-14)18(23)24-3/h6-12H,4-5H2,1-3H3,(H,20,22). The predicted molar refractivity (Wildman–Crippen MR) is 90.3 cm³/mol. The van der Waals surface area contributed by atoms with Crippen molar-refractivity contribution in [3.8, 4) is 0 Å². The second-order valence-corrected chi connectivity index (χ2v) is 6.28. The highest BCUT2D eigenvalue weighted by molar-refractivity contribution is 6.05. The van der Waals surface area contributed by atoms with Crippen molar-refractivity contribution in [1.29, 1.82) is 0 Å². The number of hydrogen-bond donors (Lipinski definition) is 1. The van der Waals surface area contributed by atoms with Gasteiger partial charge < -0.3 is 10.1 Å². The average Bonchev–Trinajstić information content (AvgIpc) is 3.32. The summed E-state index contributed by atoms with van der Waals surface area (Å²) in [7, 11) is 1.34. The number of benzene rings is 1. The van der Waals surface area contributed by atoms with Crippen LogP contribution in [0.1, 0.15) is 65.1 Å². The Morgan fingerprint density at radius 2 is 1.92 bits per heavy atom. The molecule has 6 heteroatoms. The highest BCUT2D eigenvalue weighted by Crippen LogP contribution is 2.42. The number of carbonyl (C=O) groups is 2. The number of carbonyl (C=O) groups excluding carboxylic acids is 2. The maximum absolute atomic E-state index is 12.6. The van der Waals surface area contributed by atoms with E-state index >= 15 is 0 Å². The highest BCUT2D eigenvalue weighted by atomic mass is 16.5. The lowest BCUT2D eigenvalue weighted by molar-refractivity contribution is 0.0600. The van der Waals surface area contributed by atoms with Crippen molar-refractivity contribution in [3.05, 3.63) is 47.3 Å². The molecule has 0 radical (unpaired) electrons. The molecule has 1 aliphatic rings. The molecule has 1 fully saturated rings. The van der Waals surface area contributed by atoms with Gasteiger partial charge in [-0.3, -0.25) is 9.48 Å². The van der Waals surface area contributed by atoms with E-state index in [0.717, 1.165) is 18.5 Å². The number of esters is 1. The zero-order valence-electron chi connectivity index (χ0n) is 14.1. The number of anilines is 1. The fourth-order valence-electron chi connectivity index (χ4n) is 2.73. The molecule has 0 atom stereocenters. The Labute approximate surface area is 140 Å². The van der Waals surface area contributed by atoms with E-state index in [1.54, 1.807) is 30.5 Å². The molecule has 1 N–H and O–H groups in total. The van der Waals surface area contributed by atoms with Gasteiger partial charge in [0.15, 0.2) is 0 Å². The van der Waals surface area contributed by atoms with Crippen LogP contribution in [-0.2, 0) is 4.74 Å². The van der Waals surface area contributed by atoms with Crippen LogP contribution in [0.5, 0.6) is 0 Å². The van der Waals surface area contributed by atoms with Crippen molar-refractivity contribution in [2.45, 2.75) is 38.6 Å². The molecule has 6 nitrogen and oxygen atoms in total. The molecule has 0 aliphatic heterocycles. The maximum atomic E-state index is 12.6. The molecule has 0 bridgehead atoms. The number of nitrogens with zero attached hydrogens (tertiary/aromatic N) is 2. The summed E-state index contributed by atoms with van der Waals surface area (Å²) in [5, 5.41) is 7.26. The van der Waals surface area contributed by atoms with Crippen LogP contribution < -0.4 is 5.32 Å². The second kappa shape index (κ2) is 6.47. The normalized spacial score (nSPS) is 13.8. The summed E-state index contributed by atoms with van der Waals surface area (Å²) in [6.45, 7) is 4.12. The van der Waals surface area contributed by atoms with Crippen molar-refractivity contribution in [2.24, 2.45) is 0 Å². The molecule has 1 heterocycles. The first kappa shape index (κ1) is 16.2. The third-order valence-corrected chi connectivity index (χ3v) is 4.10. The van der Waals surface area contributed by atoms with E-state index in [2.05, 4.69) is 29.0 Å². The first-order chi connectivity index (χ1) is 11.5. The van der Waals surface area contributed by atoms with Crippen LogP contribution in [0.3, 0.4) is 0 Å². The van der Waals surface area contributed by atoms with Gasteiger partial charge in [-0.05, 0) is 51.0 Å². The number of methoxy groups -OCH3 is 1. The minimum atomic E-state index is -0.401. The molecule has 126 valence electrons. The quantitative estimate of drug-likeness (QED) is 0.854. The van der Waals surface area contributed by atoms with Crippen molar-refractivity contribution >= 4 is 17.6 Å². The van der Waals surface area contributed by atoms with Crippen LogP contribution in [0.4, 0.5) is 5.69 Å². The number of amides is 1. The first-order valence-electron chi connectivity index (χ1n) is 8.08. The summed E-state index contributed by atoms with van der Waals surface area (Å²) in [5.41, 5.74) is 2.73. The van der Waals surface area contributed by atoms with Gasteiger partial charge in [-0.2, -0.15) is 5.10 Å². The molecular formula is C18H21N3O3. The van der Waals surface area contributed by atoms with E-state index in [4.69, 9.17) is 0 Å². The SMILES string of the molecule is COC(=O)c1ccc(NC(=O)c2cnn(C(C)C)c2C2CC2)cc1. The van der Waals surface area contributed by atoms with Gasteiger partial charge in [0, 0.05) is 17.6 Å². The number of aromatic nitrogens is 2. The molecule has 1 amide bonds. The van der Waals surface area contributed by atoms with Gasteiger partial charge >= 0.3 is 5.97 Å². The van der Waals surface area contributed by atoms with Crippen molar-refractivity contribution in [2.75, 3.05) is 12.4 Å². The molecule has 24 heavy (non-hydrogen) atoms. The molecule has 3 rings (SSSR count). The summed E-state index contributed by atoms with van der Waals surface area (Å²) in [6.07, 6.45) is 3.85. The molecule has 0 unspecified atom stereocenters. The predicted octanol–water partition coefficient (Wildman–Crippen LogP) is 3.38. The van der Waals surface area contributed by atoms with E-state index < -0.39 is 5.97 Å². The molecule has 1 aliphatic carbocycles. The lowest BCUT2D eigenvalue weighted by Gasteiger charge is -2.12. The van der Waals surface area contributed by atoms with Crippen molar-refractivity contribution < 1.29 is 14.3 Å². The van der Waals surface area contributed by atoms with Gasteiger partial charge in [0.1, 0.15) is 0 Å². The molecular weight excluding hydrogens is 306 g/mol. The Kier molecular flexibility index (Phi) is 4.38. The van der Waals surface area contributed by atoms with Crippen molar-refractivity contribution in [1.82, 2.24) is 9.78 Å². The first-order valence-corrected chi connectivity index (χ1v) is 8.08. The van der Waals surface area contributed by atoms with Crippen LogP contribution in [0.2, 0.25) is 0 Å². The molecule has 1 saturated carbocycles. The van der Waals surface area contributed by atoms with Gasteiger partial charge in [-0.25, -0.2) is 4.79 Å². The summed E-state index contributed by atoms with van der Waals surface area (Å²) < 4.78 is 6.60. The molecule has 0 spiro atoms. The lowest BCUT2D eigenvalue weighted by atomic mass is 10.1. The molecule has 2 aromatic rings. The fraction of sp³-hybridized carbons (Fsp3) is 0.389. The van der Waals surface area contributed by atoms with E-state index in [1.807, 2.05) is 4.68 Å². The monoisotopic (exact) mass is 327 g/mol. The van der Waals surface area contributed by atoms with Gasteiger partial charge in [-0.1, -0.05) is 0 Å².